The molecule has 0 aliphatic heterocycles. The lowest BCUT2D eigenvalue weighted by Gasteiger charge is -2.04. The number of rotatable bonds is 3. The first-order chi connectivity index (χ1) is 8.58. The minimum Gasteiger partial charge on any atom is -0.506 e. The van der Waals surface area contributed by atoms with Crippen LogP contribution in [0, 0.1) is 5.82 Å². The van der Waals surface area contributed by atoms with Crippen molar-refractivity contribution in [1.29, 1.82) is 0 Å². The average Bonchev–Trinajstić information content (AvgIpc) is 2.82. The fourth-order valence-electron chi connectivity index (χ4n) is 1.49. The number of primary amides is 1. The van der Waals surface area contributed by atoms with Crippen molar-refractivity contribution >= 4 is 18.1 Å². The Morgan fingerprint density at radius 3 is 2.78 bits per heavy atom. The molecule has 0 fully saturated rings. The molecular weight excluding hydrogens is 237 g/mol. The molecule has 1 aromatic heterocycles. The van der Waals surface area contributed by atoms with Crippen LogP contribution in [0.2, 0.25) is 0 Å². The summed E-state index contributed by atoms with van der Waals surface area (Å²) >= 11 is 0. The van der Waals surface area contributed by atoms with E-state index in [0.29, 0.717) is 5.76 Å². The molecule has 92 valence electrons. The maximum absolute atomic E-state index is 13.3. The SMILES string of the molecule is NC(=O)c1cc(F)cc(/C=C/c2ccco2)c1O. The molecule has 18 heavy (non-hydrogen) atoms. The highest BCUT2D eigenvalue weighted by Crippen LogP contribution is 2.25. The molecule has 1 amide bonds. The van der Waals surface area contributed by atoms with Gasteiger partial charge in [0, 0.05) is 5.56 Å². The van der Waals surface area contributed by atoms with Gasteiger partial charge in [0.1, 0.15) is 17.3 Å². The fraction of sp³-hybridized carbons (Fsp3) is 0. The van der Waals surface area contributed by atoms with Crippen LogP contribution in [0.25, 0.3) is 12.2 Å². The second-order valence-electron chi connectivity index (χ2n) is 3.60. The van der Waals surface area contributed by atoms with E-state index in [4.69, 9.17) is 10.2 Å². The molecule has 1 heterocycles. The van der Waals surface area contributed by atoms with Gasteiger partial charge in [-0.2, -0.15) is 0 Å². The molecule has 0 atom stereocenters. The van der Waals surface area contributed by atoms with Crippen LogP contribution in [0.3, 0.4) is 0 Å². The van der Waals surface area contributed by atoms with Crippen LogP contribution >= 0.6 is 0 Å². The predicted octanol–water partition coefficient (Wildman–Crippen LogP) is 2.39. The largest absolute Gasteiger partial charge is 0.506 e. The molecule has 4 nitrogen and oxygen atoms in total. The molecule has 0 radical (unpaired) electrons. The molecule has 0 bridgehead atoms. The summed E-state index contributed by atoms with van der Waals surface area (Å²) in [7, 11) is 0. The third kappa shape index (κ3) is 2.40. The van der Waals surface area contributed by atoms with E-state index in [1.165, 1.54) is 12.3 Å². The number of hydrogen-bond donors (Lipinski definition) is 2. The van der Waals surface area contributed by atoms with Crippen molar-refractivity contribution in [3.63, 3.8) is 0 Å². The standard InChI is InChI=1S/C13H10FNO3/c14-9-6-8(3-4-10-2-1-5-18-10)12(16)11(7-9)13(15)17/h1-7,16H,(H2,15,17)/b4-3+. The van der Waals surface area contributed by atoms with Crippen molar-refractivity contribution < 1.29 is 18.7 Å². The second-order valence-corrected chi connectivity index (χ2v) is 3.60. The van der Waals surface area contributed by atoms with Gasteiger partial charge in [-0.25, -0.2) is 4.39 Å². The van der Waals surface area contributed by atoms with Crippen LogP contribution in [-0.2, 0) is 0 Å². The van der Waals surface area contributed by atoms with Gasteiger partial charge in [0.05, 0.1) is 11.8 Å². The monoisotopic (exact) mass is 247 g/mol. The number of carbonyl (C=O) groups is 1. The van der Waals surface area contributed by atoms with Gasteiger partial charge in [0.15, 0.2) is 0 Å². The molecular formula is C13H10FNO3. The Labute approximate surface area is 102 Å². The smallest absolute Gasteiger partial charge is 0.252 e. The van der Waals surface area contributed by atoms with Crippen LogP contribution in [0.15, 0.2) is 34.9 Å². The molecule has 2 rings (SSSR count). The molecule has 0 aliphatic carbocycles. The number of benzene rings is 1. The van der Waals surface area contributed by atoms with E-state index in [2.05, 4.69) is 0 Å². The van der Waals surface area contributed by atoms with Crippen LogP contribution in [0.1, 0.15) is 21.7 Å². The summed E-state index contributed by atoms with van der Waals surface area (Å²) in [6, 6.07) is 5.38. The minimum absolute atomic E-state index is 0.153. The number of amides is 1. The Morgan fingerprint density at radius 2 is 2.17 bits per heavy atom. The normalized spacial score (nSPS) is 10.9. The molecule has 0 saturated heterocycles. The second kappa shape index (κ2) is 4.75. The number of hydrogen-bond acceptors (Lipinski definition) is 3. The number of phenols is 1. The van der Waals surface area contributed by atoms with Crippen LogP contribution in [0.5, 0.6) is 5.75 Å². The van der Waals surface area contributed by atoms with Gasteiger partial charge in [0.2, 0.25) is 0 Å². The maximum Gasteiger partial charge on any atom is 0.252 e. The number of aromatic hydroxyl groups is 1. The van der Waals surface area contributed by atoms with Crippen molar-refractivity contribution in [1.82, 2.24) is 0 Å². The number of nitrogens with two attached hydrogens (primary N) is 1. The Hall–Kier alpha value is -2.56. The van der Waals surface area contributed by atoms with E-state index in [1.807, 2.05) is 0 Å². The third-order valence-electron chi connectivity index (χ3n) is 2.34. The zero-order valence-corrected chi connectivity index (χ0v) is 9.26. The van der Waals surface area contributed by atoms with Gasteiger partial charge in [-0.05, 0) is 36.4 Å². The zero-order chi connectivity index (χ0) is 13.1. The summed E-state index contributed by atoms with van der Waals surface area (Å²) < 4.78 is 18.3. The first-order valence-electron chi connectivity index (χ1n) is 5.12. The van der Waals surface area contributed by atoms with E-state index < -0.39 is 11.7 Å². The Balaban J connectivity index is 2.42. The van der Waals surface area contributed by atoms with E-state index in [-0.39, 0.29) is 16.9 Å². The molecule has 2 aromatic rings. The summed E-state index contributed by atoms with van der Waals surface area (Å²) in [6.07, 6.45) is 4.46. The summed E-state index contributed by atoms with van der Waals surface area (Å²) in [6.45, 7) is 0. The lowest BCUT2D eigenvalue weighted by Crippen LogP contribution is -2.11. The van der Waals surface area contributed by atoms with Crippen molar-refractivity contribution in [3.8, 4) is 5.75 Å². The Morgan fingerprint density at radius 1 is 1.39 bits per heavy atom. The van der Waals surface area contributed by atoms with Gasteiger partial charge >= 0.3 is 0 Å². The highest BCUT2D eigenvalue weighted by Gasteiger charge is 2.12. The predicted molar refractivity (Wildman–Crippen MR) is 64.2 cm³/mol. The van der Waals surface area contributed by atoms with Crippen LogP contribution in [0.4, 0.5) is 4.39 Å². The van der Waals surface area contributed by atoms with E-state index >= 15 is 0 Å². The summed E-state index contributed by atoms with van der Waals surface area (Å²) in [5.41, 5.74) is 4.93. The Bertz CT molecular complexity index is 603. The number of halogens is 1. The van der Waals surface area contributed by atoms with E-state index in [1.54, 1.807) is 18.2 Å². The molecule has 0 spiro atoms. The first kappa shape index (κ1) is 11.9. The van der Waals surface area contributed by atoms with E-state index in [0.717, 1.165) is 12.1 Å². The fourth-order valence-corrected chi connectivity index (χ4v) is 1.49. The number of furan rings is 1. The van der Waals surface area contributed by atoms with Crippen LogP contribution < -0.4 is 5.73 Å². The van der Waals surface area contributed by atoms with Crippen LogP contribution in [-0.4, -0.2) is 11.0 Å². The lowest BCUT2D eigenvalue weighted by atomic mass is 10.1. The summed E-state index contributed by atoms with van der Waals surface area (Å²) in [5.74, 6) is -1.36. The minimum atomic E-state index is -0.889. The molecule has 3 N–H and O–H groups in total. The molecule has 0 aliphatic rings. The molecule has 0 saturated carbocycles. The molecule has 1 aromatic carbocycles. The highest BCUT2D eigenvalue weighted by molar-refractivity contribution is 5.97. The van der Waals surface area contributed by atoms with Crippen molar-refractivity contribution in [2.45, 2.75) is 0 Å². The van der Waals surface area contributed by atoms with Crippen molar-refractivity contribution in [2.75, 3.05) is 0 Å². The van der Waals surface area contributed by atoms with Crippen molar-refractivity contribution in [2.24, 2.45) is 5.73 Å². The summed E-state index contributed by atoms with van der Waals surface area (Å²) in [4.78, 5) is 11.0. The zero-order valence-electron chi connectivity index (χ0n) is 9.26. The van der Waals surface area contributed by atoms with Crippen molar-refractivity contribution in [3.05, 3.63) is 53.2 Å². The first-order valence-corrected chi connectivity index (χ1v) is 5.12. The van der Waals surface area contributed by atoms with Gasteiger partial charge in [-0.1, -0.05) is 0 Å². The third-order valence-corrected chi connectivity index (χ3v) is 2.34. The Kier molecular flexibility index (Phi) is 3.14. The molecule has 0 unspecified atom stereocenters. The van der Waals surface area contributed by atoms with Gasteiger partial charge in [0.25, 0.3) is 5.91 Å². The average molecular weight is 247 g/mol. The van der Waals surface area contributed by atoms with Gasteiger partial charge < -0.3 is 15.3 Å². The topological polar surface area (TPSA) is 76.5 Å². The number of carbonyl (C=O) groups excluding carboxylic acids is 1. The van der Waals surface area contributed by atoms with E-state index in [9.17, 15) is 14.3 Å². The maximum atomic E-state index is 13.3. The van der Waals surface area contributed by atoms with Gasteiger partial charge in [-0.15, -0.1) is 0 Å². The summed E-state index contributed by atoms with van der Waals surface area (Å²) in [5, 5.41) is 9.76. The highest BCUT2D eigenvalue weighted by atomic mass is 19.1. The molecule has 5 heteroatoms. The van der Waals surface area contributed by atoms with Gasteiger partial charge in [-0.3, -0.25) is 4.79 Å². The quantitative estimate of drug-likeness (QED) is 0.874. The lowest BCUT2D eigenvalue weighted by molar-refractivity contribution is 0.0997.